The molecule has 0 saturated carbocycles. The number of nitrogens with zero attached hydrogens (tertiary/aromatic N) is 3. The molecule has 1 unspecified atom stereocenters. The fourth-order valence-electron chi connectivity index (χ4n) is 2.19. The van der Waals surface area contributed by atoms with Crippen molar-refractivity contribution in [2.75, 3.05) is 7.11 Å². The maximum atomic E-state index is 12.2. The van der Waals surface area contributed by atoms with Gasteiger partial charge in [-0.15, -0.1) is 0 Å². The summed E-state index contributed by atoms with van der Waals surface area (Å²) in [4.78, 5) is 31.7. The minimum atomic E-state index is -0.655. The van der Waals surface area contributed by atoms with Gasteiger partial charge in [-0.25, -0.2) is 4.99 Å². The van der Waals surface area contributed by atoms with Gasteiger partial charge in [-0.3, -0.25) is 9.59 Å². The molecule has 24 heavy (non-hydrogen) atoms. The lowest BCUT2D eigenvalue weighted by atomic mass is 10.1. The lowest BCUT2D eigenvalue weighted by molar-refractivity contribution is -0.118. The number of dihydropyridines is 1. The molecular weight excluding hydrogens is 312 g/mol. The number of benzene rings is 1. The molecule has 1 N–H and O–H groups in total. The van der Waals surface area contributed by atoms with E-state index in [2.05, 4.69) is 20.4 Å². The second kappa shape index (κ2) is 6.86. The number of amides is 2. The quantitative estimate of drug-likeness (QED) is 0.886. The van der Waals surface area contributed by atoms with Crippen LogP contribution in [0.4, 0.5) is 0 Å². The van der Waals surface area contributed by atoms with Gasteiger partial charge >= 0.3 is 0 Å². The Bertz CT molecular complexity index is 825. The molecule has 1 aliphatic rings. The highest BCUT2D eigenvalue weighted by molar-refractivity contribution is 5.97. The summed E-state index contributed by atoms with van der Waals surface area (Å²) in [6.45, 7) is 0.0395. The van der Waals surface area contributed by atoms with Crippen LogP contribution in [0, 0.1) is 0 Å². The molecule has 122 valence electrons. The van der Waals surface area contributed by atoms with E-state index in [1.165, 1.54) is 13.3 Å². The first-order valence-electron chi connectivity index (χ1n) is 7.17. The van der Waals surface area contributed by atoms with Crippen LogP contribution in [0.3, 0.4) is 0 Å². The summed E-state index contributed by atoms with van der Waals surface area (Å²) in [5.74, 6) is -0.457. The molecule has 1 aromatic carbocycles. The van der Waals surface area contributed by atoms with E-state index in [9.17, 15) is 9.59 Å². The Morgan fingerprint density at radius 2 is 2.21 bits per heavy atom. The second-order valence-corrected chi connectivity index (χ2v) is 4.91. The van der Waals surface area contributed by atoms with E-state index >= 15 is 0 Å². The summed E-state index contributed by atoms with van der Waals surface area (Å²) >= 11 is 0. The lowest BCUT2D eigenvalue weighted by Crippen LogP contribution is -2.23. The smallest absolute Gasteiger partial charge is 0.260 e. The molecule has 2 amide bonds. The monoisotopic (exact) mass is 326 g/mol. The van der Waals surface area contributed by atoms with Crippen molar-refractivity contribution < 1.29 is 18.8 Å². The van der Waals surface area contributed by atoms with E-state index in [1.54, 1.807) is 36.4 Å². The fraction of sp³-hybridized carbons (Fsp3) is 0.188. The number of nitrogens with one attached hydrogen (secondary N) is 1. The van der Waals surface area contributed by atoms with Gasteiger partial charge < -0.3 is 14.6 Å². The number of aromatic nitrogens is 2. The Balaban J connectivity index is 1.65. The van der Waals surface area contributed by atoms with Crippen molar-refractivity contribution >= 4 is 18.0 Å². The van der Waals surface area contributed by atoms with E-state index < -0.39 is 5.92 Å². The molecule has 1 atom stereocenters. The van der Waals surface area contributed by atoms with Crippen LogP contribution in [0.15, 0.2) is 45.9 Å². The molecule has 0 bridgehead atoms. The van der Waals surface area contributed by atoms with E-state index in [0.29, 0.717) is 11.3 Å². The molecule has 3 rings (SSSR count). The topological polar surface area (TPSA) is 107 Å². The minimum Gasteiger partial charge on any atom is -0.496 e. The summed E-state index contributed by atoms with van der Waals surface area (Å²) in [7, 11) is 1.49. The zero-order valence-electron chi connectivity index (χ0n) is 12.8. The van der Waals surface area contributed by atoms with Crippen molar-refractivity contribution in [3.8, 4) is 5.75 Å². The van der Waals surface area contributed by atoms with Crippen LogP contribution in [-0.2, 0) is 11.3 Å². The molecule has 0 spiro atoms. The highest BCUT2D eigenvalue weighted by Crippen LogP contribution is 2.19. The van der Waals surface area contributed by atoms with Gasteiger partial charge in [0.05, 0.1) is 19.2 Å². The molecule has 2 aromatic rings. The predicted molar refractivity (Wildman–Crippen MR) is 83.8 cm³/mol. The van der Waals surface area contributed by atoms with E-state index in [0.717, 1.165) is 0 Å². The Hall–Kier alpha value is -3.29. The third kappa shape index (κ3) is 3.22. The first-order valence-corrected chi connectivity index (χ1v) is 7.17. The second-order valence-electron chi connectivity index (χ2n) is 4.91. The average molecular weight is 326 g/mol. The number of carbonyl (C=O) groups is 2. The first kappa shape index (κ1) is 15.6. The van der Waals surface area contributed by atoms with Gasteiger partial charge in [-0.05, 0) is 18.2 Å². The molecule has 1 aliphatic heterocycles. The van der Waals surface area contributed by atoms with E-state index in [4.69, 9.17) is 9.26 Å². The number of ether oxygens (including phenoxy) is 1. The summed E-state index contributed by atoms with van der Waals surface area (Å²) in [5.41, 5.74) is 0.402. The van der Waals surface area contributed by atoms with Crippen molar-refractivity contribution in [3.05, 3.63) is 53.7 Å². The Labute approximate surface area is 137 Å². The van der Waals surface area contributed by atoms with Gasteiger partial charge in [0.2, 0.25) is 5.89 Å². The number of hydrogen-bond donors (Lipinski definition) is 1. The van der Waals surface area contributed by atoms with Gasteiger partial charge in [-0.1, -0.05) is 23.4 Å². The van der Waals surface area contributed by atoms with Crippen LogP contribution in [0.1, 0.15) is 28.0 Å². The summed E-state index contributed by atoms with van der Waals surface area (Å²) < 4.78 is 10.2. The van der Waals surface area contributed by atoms with Gasteiger partial charge in [-0.2, -0.15) is 4.98 Å². The third-order valence-corrected chi connectivity index (χ3v) is 3.37. The summed E-state index contributed by atoms with van der Waals surface area (Å²) in [6.07, 6.45) is 4.69. The third-order valence-electron chi connectivity index (χ3n) is 3.37. The highest BCUT2D eigenvalue weighted by atomic mass is 16.5. The number of rotatable bonds is 5. The molecule has 0 radical (unpaired) electrons. The van der Waals surface area contributed by atoms with Crippen molar-refractivity contribution in [2.24, 2.45) is 4.99 Å². The standard InChI is InChI=1S/C16H14N4O4/c1-23-12-7-3-2-5-10(12)15(21)18-9-13-19-14(20-24-13)11-6-4-8-17-16(11)22/h2-8,11H,9H2,1H3,(H,18,21). The minimum absolute atomic E-state index is 0.0395. The van der Waals surface area contributed by atoms with E-state index in [1.807, 2.05) is 0 Å². The molecule has 8 heteroatoms. The average Bonchev–Trinajstić information content (AvgIpc) is 3.08. The normalized spacial score (nSPS) is 16.2. The largest absolute Gasteiger partial charge is 0.496 e. The zero-order valence-corrected chi connectivity index (χ0v) is 12.8. The molecule has 0 fully saturated rings. The molecule has 0 saturated heterocycles. The van der Waals surface area contributed by atoms with Crippen LogP contribution in [-0.4, -0.2) is 35.3 Å². The van der Waals surface area contributed by atoms with E-state index in [-0.39, 0.29) is 30.1 Å². The lowest BCUT2D eigenvalue weighted by Gasteiger charge is -2.07. The number of methoxy groups -OCH3 is 1. The van der Waals surface area contributed by atoms with Crippen LogP contribution in [0.2, 0.25) is 0 Å². The van der Waals surface area contributed by atoms with Crippen molar-refractivity contribution in [1.82, 2.24) is 15.5 Å². The predicted octanol–water partition coefficient (Wildman–Crippen LogP) is 1.26. The van der Waals surface area contributed by atoms with Crippen molar-refractivity contribution in [1.29, 1.82) is 0 Å². The van der Waals surface area contributed by atoms with Gasteiger partial charge in [0.15, 0.2) is 5.82 Å². The van der Waals surface area contributed by atoms with Crippen LogP contribution >= 0.6 is 0 Å². The van der Waals surface area contributed by atoms with Gasteiger partial charge in [0.1, 0.15) is 11.7 Å². The molecule has 0 aliphatic carbocycles. The number of aliphatic imine (C=N–C) groups is 1. The zero-order chi connectivity index (χ0) is 16.9. The maximum Gasteiger partial charge on any atom is 0.260 e. The molecule has 2 heterocycles. The number of allylic oxidation sites excluding steroid dienone is 1. The SMILES string of the molecule is COc1ccccc1C(=O)NCc1nc(C2C=CC=NC2=O)no1. The van der Waals surface area contributed by atoms with Crippen LogP contribution in [0.5, 0.6) is 5.75 Å². The number of para-hydroxylation sites is 1. The maximum absolute atomic E-state index is 12.2. The highest BCUT2D eigenvalue weighted by Gasteiger charge is 2.24. The Morgan fingerprint density at radius 3 is 3.00 bits per heavy atom. The number of carbonyl (C=O) groups excluding carboxylic acids is 2. The Morgan fingerprint density at radius 1 is 1.38 bits per heavy atom. The molecule has 1 aromatic heterocycles. The van der Waals surface area contributed by atoms with Gasteiger partial charge in [0.25, 0.3) is 11.8 Å². The van der Waals surface area contributed by atoms with Crippen molar-refractivity contribution in [3.63, 3.8) is 0 Å². The van der Waals surface area contributed by atoms with Crippen molar-refractivity contribution in [2.45, 2.75) is 12.5 Å². The number of hydrogen-bond acceptors (Lipinski definition) is 6. The molecule has 8 nitrogen and oxygen atoms in total. The summed E-state index contributed by atoms with van der Waals surface area (Å²) in [6, 6.07) is 6.86. The van der Waals surface area contributed by atoms with Crippen LogP contribution < -0.4 is 10.1 Å². The summed E-state index contributed by atoms with van der Waals surface area (Å²) in [5, 5.41) is 6.44. The Kier molecular flexibility index (Phi) is 4.46. The fourth-order valence-corrected chi connectivity index (χ4v) is 2.19. The first-order chi connectivity index (χ1) is 11.7. The molecular formula is C16H14N4O4. The van der Waals surface area contributed by atoms with Crippen LogP contribution in [0.25, 0.3) is 0 Å². The van der Waals surface area contributed by atoms with Gasteiger partial charge in [0, 0.05) is 6.21 Å².